The van der Waals surface area contributed by atoms with Gasteiger partial charge >= 0.3 is 5.69 Å². The number of hydrogen-bond donors (Lipinski definition) is 1. The lowest BCUT2D eigenvalue weighted by atomic mass is 10.1. The zero-order valence-corrected chi connectivity index (χ0v) is 14.2. The molecule has 0 bridgehead atoms. The summed E-state index contributed by atoms with van der Waals surface area (Å²) in [7, 11) is 3.50. The number of aryl methyl sites for hydroxylation is 2. The summed E-state index contributed by atoms with van der Waals surface area (Å²) in [4.78, 5) is 26.2. The molecule has 2 heterocycles. The van der Waals surface area contributed by atoms with E-state index < -0.39 is 0 Å². The van der Waals surface area contributed by atoms with Gasteiger partial charge in [0.25, 0.3) is 0 Å². The predicted molar refractivity (Wildman–Crippen MR) is 93.6 cm³/mol. The maximum atomic E-state index is 12.2. The van der Waals surface area contributed by atoms with Crippen molar-refractivity contribution in [2.24, 2.45) is 14.1 Å². The Morgan fingerprint density at radius 3 is 2.35 bits per heavy atom. The summed E-state index contributed by atoms with van der Waals surface area (Å²) in [6.07, 6.45) is 3.50. The number of rotatable bonds is 3. The Hall–Kier alpha value is -1.95. The summed E-state index contributed by atoms with van der Waals surface area (Å²) in [6, 6.07) is 3.86. The molecule has 0 unspecified atom stereocenters. The van der Waals surface area contributed by atoms with Crippen LogP contribution in [0, 0.1) is 0 Å². The van der Waals surface area contributed by atoms with Crippen LogP contribution in [0.4, 0.5) is 11.4 Å². The number of alkyl halides is 1. The van der Waals surface area contributed by atoms with Gasteiger partial charge in [0.2, 0.25) is 5.91 Å². The lowest BCUT2D eigenvalue weighted by molar-refractivity contribution is -0.113. The minimum Gasteiger partial charge on any atom is -0.370 e. The second kappa shape index (κ2) is 6.28. The minimum atomic E-state index is -0.245. The fourth-order valence-electron chi connectivity index (χ4n) is 3.21. The molecule has 1 fully saturated rings. The van der Waals surface area contributed by atoms with Gasteiger partial charge in [0.15, 0.2) is 0 Å². The van der Waals surface area contributed by atoms with Crippen molar-refractivity contribution in [1.29, 1.82) is 0 Å². The molecule has 1 aliphatic heterocycles. The van der Waals surface area contributed by atoms with Crippen LogP contribution in [0.5, 0.6) is 0 Å². The lowest BCUT2D eigenvalue weighted by Crippen LogP contribution is -2.30. The lowest BCUT2D eigenvalue weighted by Gasteiger charge is -2.30. The molecule has 7 heteroatoms. The van der Waals surface area contributed by atoms with E-state index in [2.05, 4.69) is 10.2 Å². The van der Waals surface area contributed by atoms with Gasteiger partial charge in [0.05, 0.1) is 22.4 Å². The van der Waals surface area contributed by atoms with Crippen molar-refractivity contribution >= 4 is 39.9 Å². The second-order valence-electron chi connectivity index (χ2n) is 5.99. The number of hydrogen-bond acceptors (Lipinski definition) is 3. The van der Waals surface area contributed by atoms with Crippen LogP contribution in [0.2, 0.25) is 0 Å². The first kappa shape index (κ1) is 15.9. The van der Waals surface area contributed by atoms with E-state index >= 15 is 0 Å². The fourth-order valence-corrected chi connectivity index (χ4v) is 3.28. The zero-order chi connectivity index (χ0) is 16.6. The molecule has 3 rings (SSSR count). The summed E-state index contributed by atoms with van der Waals surface area (Å²) < 4.78 is 3.22. The zero-order valence-electron chi connectivity index (χ0n) is 13.4. The molecular weight excluding hydrogens is 316 g/mol. The van der Waals surface area contributed by atoms with E-state index in [1.807, 2.05) is 12.1 Å². The first-order chi connectivity index (χ1) is 11.0. The Morgan fingerprint density at radius 1 is 1.13 bits per heavy atom. The average Bonchev–Trinajstić information content (AvgIpc) is 2.79. The van der Waals surface area contributed by atoms with Gasteiger partial charge in [-0.15, -0.1) is 11.6 Å². The number of carbonyl (C=O) groups is 1. The molecule has 0 spiro atoms. The summed E-state index contributed by atoms with van der Waals surface area (Å²) >= 11 is 5.63. The maximum Gasteiger partial charge on any atom is 0.328 e. The number of aromatic nitrogens is 2. The Bertz CT molecular complexity index is 802. The van der Waals surface area contributed by atoms with Crippen LogP contribution >= 0.6 is 11.6 Å². The third kappa shape index (κ3) is 2.83. The van der Waals surface area contributed by atoms with Crippen molar-refractivity contribution in [2.75, 3.05) is 29.2 Å². The summed E-state index contributed by atoms with van der Waals surface area (Å²) in [5.41, 5.74) is 3.25. The molecule has 1 N–H and O–H groups in total. The number of nitrogens with one attached hydrogen (secondary N) is 1. The number of carbonyl (C=O) groups excluding carboxylic acids is 1. The highest BCUT2D eigenvalue weighted by Crippen LogP contribution is 2.32. The number of nitrogens with zero attached hydrogens (tertiary/aromatic N) is 3. The first-order valence-electron chi connectivity index (χ1n) is 7.83. The SMILES string of the molecule is Cn1c(=O)n(C)c2cc(N3CCCCC3)c(NC(=O)CCl)cc21. The molecule has 1 saturated heterocycles. The molecule has 6 nitrogen and oxygen atoms in total. The van der Waals surface area contributed by atoms with Crippen molar-refractivity contribution in [1.82, 2.24) is 9.13 Å². The average molecular weight is 337 g/mol. The van der Waals surface area contributed by atoms with Gasteiger partial charge in [-0.1, -0.05) is 0 Å². The van der Waals surface area contributed by atoms with Crippen LogP contribution in [0.15, 0.2) is 16.9 Å². The predicted octanol–water partition coefficient (Wildman–Crippen LogP) is 2.04. The molecule has 1 amide bonds. The smallest absolute Gasteiger partial charge is 0.328 e. The molecule has 1 aromatic carbocycles. The number of fused-ring (bicyclic) bond motifs is 1. The molecule has 0 atom stereocenters. The topological polar surface area (TPSA) is 59.3 Å². The maximum absolute atomic E-state index is 12.2. The highest BCUT2D eigenvalue weighted by Gasteiger charge is 2.19. The van der Waals surface area contributed by atoms with Crippen LogP contribution < -0.4 is 15.9 Å². The van der Waals surface area contributed by atoms with Gasteiger partial charge in [-0.05, 0) is 31.4 Å². The Labute approximate surface area is 139 Å². The van der Waals surface area contributed by atoms with Crippen LogP contribution in [0.1, 0.15) is 19.3 Å². The molecule has 23 heavy (non-hydrogen) atoms. The van der Waals surface area contributed by atoms with E-state index in [9.17, 15) is 9.59 Å². The van der Waals surface area contributed by atoms with E-state index in [4.69, 9.17) is 11.6 Å². The van der Waals surface area contributed by atoms with Gasteiger partial charge in [-0.3, -0.25) is 13.9 Å². The molecule has 1 aliphatic rings. The summed E-state index contributed by atoms with van der Waals surface area (Å²) in [5.74, 6) is -0.337. The Morgan fingerprint density at radius 2 is 1.74 bits per heavy atom. The van der Waals surface area contributed by atoms with E-state index in [1.165, 1.54) is 6.42 Å². The number of piperidine rings is 1. The third-order valence-electron chi connectivity index (χ3n) is 4.48. The number of benzene rings is 1. The van der Waals surface area contributed by atoms with Crippen molar-refractivity contribution < 1.29 is 4.79 Å². The Balaban J connectivity index is 2.17. The largest absolute Gasteiger partial charge is 0.370 e. The van der Waals surface area contributed by atoms with E-state index in [0.29, 0.717) is 5.69 Å². The second-order valence-corrected chi connectivity index (χ2v) is 6.26. The summed E-state index contributed by atoms with van der Waals surface area (Å²) in [5, 5.41) is 2.87. The molecule has 0 saturated carbocycles. The normalized spacial score (nSPS) is 15.2. The minimum absolute atomic E-state index is 0.0783. The molecule has 0 aliphatic carbocycles. The van der Waals surface area contributed by atoms with Crippen LogP contribution in [-0.4, -0.2) is 34.0 Å². The third-order valence-corrected chi connectivity index (χ3v) is 4.72. The number of halogens is 1. The number of imidazole rings is 1. The Kier molecular flexibility index (Phi) is 4.35. The quantitative estimate of drug-likeness (QED) is 0.873. The molecule has 124 valence electrons. The standard InChI is InChI=1S/C16H21ClN4O2/c1-19-13-8-11(18-15(22)10-17)12(21-6-4-3-5-7-21)9-14(13)20(2)16(19)23/h8-9H,3-7,10H2,1-2H3,(H,18,22). The van der Waals surface area contributed by atoms with E-state index in [-0.39, 0.29) is 17.5 Å². The van der Waals surface area contributed by atoms with Crippen molar-refractivity contribution in [3.05, 3.63) is 22.6 Å². The summed E-state index contributed by atoms with van der Waals surface area (Å²) in [6.45, 7) is 1.91. The van der Waals surface area contributed by atoms with Gasteiger partial charge in [0, 0.05) is 27.2 Å². The van der Waals surface area contributed by atoms with Crippen LogP contribution in [0.3, 0.4) is 0 Å². The van der Waals surface area contributed by atoms with Crippen molar-refractivity contribution in [3.8, 4) is 0 Å². The van der Waals surface area contributed by atoms with Crippen molar-refractivity contribution in [2.45, 2.75) is 19.3 Å². The van der Waals surface area contributed by atoms with Gasteiger partial charge in [-0.25, -0.2) is 4.79 Å². The van der Waals surface area contributed by atoms with Crippen LogP contribution in [0.25, 0.3) is 11.0 Å². The first-order valence-corrected chi connectivity index (χ1v) is 8.36. The van der Waals surface area contributed by atoms with Crippen molar-refractivity contribution in [3.63, 3.8) is 0 Å². The van der Waals surface area contributed by atoms with Gasteiger partial charge < -0.3 is 10.2 Å². The number of amides is 1. The molecular formula is C16H21ClN4O2. The van der Waals surface area contributed by atoms with E-state index in [0.717, 1.165) is 42.7 Å². The molecule has 2 aromatic rings. The number of anilines is 2. The van der Waals surface area contributed by atoms with Gasteiger partial charge in [-0.2, -0.15) is 0 Å². The highest BCUT2D eigenvalue weighted by atomic mass is 35.5. The highest BCUT2D eigenvalue weighted by molar-refractivity contribution is 6.29. The molecule has 1 aromatic heterocycles. The monoisotopic (exact) mass is 336 g/mol. The van der Waals surface area contributed by atoms with Crippen LogP contribution in [-0.2, 0) is 18.9 Å². The molecule has 0 radical (unpaired) electrons. The fraction of sp³-hybridized carbons (Fsp3) is 0.500. The van der Waals surface area contributed by atoms with Gasteiger partial charge in [0.1, 0.15) is 5.88 Å². The van der Waals surface area contributed by atoms with E-state index in [1.54, 1.807) is 23.2 Å².